The van der Waals surface area contributed by atoms with Crippen molar-refractivity contribution in [3.05, 3.63) is 46.4 Å². The normalized spacial score (nSPS) is 12.3. The number of rotatable bonds is 5. The van der Waals surface area contributed by atoms with Crippen LogP contribution >= 0.6 is 0 Å². The molecule has 0 bridgehead atoms. The maximum Gasteiger partial charge on any atom is 0.195 e. The van der Waals surface area contributed by atoms with Crippen LogP contribution in [0.15, 0.2) is 29.6 Å². The average Bonchev–Trinajstić information content (AvgIpc) is 2.94. The van der Waals surface area contributed by atoms with Gasteiger partial charge in [0.05, 0.1) is 47.5 Å². The molecule has 0 N–H and O–H groups in total. The van der Waals surface area contributed by atoms with E-state index in [9.17, 15) is 9.42 Å². The minimum absolute atomic E-state index is 0.0380. The molecule has 25 heavy (non-hydrogen) atoms. The van der Waals surface area contributed by atoms with Crippen LogP contribution < -0.4 is 9.47 Å². The summed E-state index contributed by atoms with van der Waals surface area (Å²) in [5, 5.41) is 12.4. The highest BCUT2D eigenvalue weighted by atomic mass is 32.2. The van der Waals surface area contributed by atoms with Gasteiger partial charge >= 0.3 is 0 Å². The summed E-state index contributed by atoms with van der Waals surface area (Å²) >= 11 is 0. The first-order valence-electron chi connectivity index (χ1n) is 7.57. The number of imidazole rings is 1. The second kappa shape index (κ2) is 6.72. The van der Waals surface area contributed by atoms with Gasteiger partial charge in [-0.2, -0.15) is 0 Å². The third-order valence-corrected chi connectivity index (χ3v) is 5.21. The van der Waals surface area contributed by atoms with Crippen molar-refractivity contribution in [2.24, 2.45) is 0 Å². The lowest BCUT2D eigenvalue weighted by atomic mass is 10.1. The predicted octanol–water partition coefficient (Wildman–Crippen LogP) is 2.72. The first-order chi connectivity index (χ1) is 12.0. The van der Waals surface area contributed by atoms with Crippen LogP contribution in [-0.2, 0) is 16.6 Å². The standard InChI is InChI=1S/C17H18N3O4S/c1-10-8-18-14(11(2)16(10)24-4)9-25(22)17-19-13-7-12(23-3)5-6-15(13)20(17)21/h5-8H,9H2,1-4H3/q-1. The van der Waals surface area contributed by atoms with Crippen molar-refractivity contribution in [3.63, 3.8) is 0 Å². The summed E-state index contributed by atoms with van der Waals surface area (Å²) in [7, 11) is 1.49. The van der Waals surface area contributed by atoms with Gasteiger partial charge in [0.1, 0.15) is 11.5 Å². The molecule has 0 saturated heterocycles. The number of aromatic nitrogens is 3. The summed E-state index contributed by atoms with van der Waals surface area (Å²) < 4.78 is 23.8. The fourth-order valence-corrected chi connectivity index (χ4v) is 3.84. The molecule has 3 aromatic rings. The minimum Gasteiger partial charge on any atom is -0.804 e. The van der Waals surface area contributed by atoms with Crippen molar-refractivity contribution in [3.8, 4) is 11.5 Å². The molecular formula is C17H18N3O4S-. The van der Waals surface area contributed by atoms with Gasteiger partial charge in [-0.15, -0.1) is 0 Å². The van der Waals surface area contributed by atoms with Gasteiger partial charge in [-0.25, -0.2) is 4.98 Å². The molecule has 7 nitrogen and oxygen atoms in total. The Balaban J connectivity index is 1.97. The first-order valence-corrected chi connectivity index (χ1v) is 8.89. The molecule has 0 aliphatic heterocycles. The highest BCUT2D eigenvalue weighted by Crippen LogP contribution is 2.27. The number of aryl methyl sites for hydroxylation is 1. The molecule has 0 fully saturated rings. The Kier molecular flexibility index (Phi) is 4.63. The molecule has 0 aliphatic rings. The largest absolute Gasteiger partial charge is 0.804 e. The van der Waals surface area contributed by atoms with E-state index in [0.717, 1.165) is 11.1 Å². The zero-order chi connectivity index (χ0) is 18.1. The van der Waals surface area contributed by atoms with Crippen LogP contribution in [0.5, 0.6) is 11.5 Å². The third kappa shape index (κ3) is 3.05. The van der Waals surface area contributed by atoms with Crippen molar-refractivity contribution in [2.45, 2.75) is 24.8 Å². The van der Waals surface area contributed by atoms with E-state index in [1.165, 1.54) is 7.11 Å². The maximum absolute atomic E-state index is 12.7. The zero-order valence-corrected chi connectivity index (χ0v) is 15.2. The van der Waals surface area contributed by atoms with Gasteiger partial charge in [0.25, 0.3) is 0 Å². The number of hydrogen-bond acceptors (Lipinski definition) is 6. The highest BCUT2D eigenvalue weighted by molar-refractivity contribution is 7.84. The molecule has 2 heterocycles. The fraction of sp³-hybridized carbons (Fsp3) is 0.294. The summed E-state index contributed by atoms with van der Waals surface area (Å²) in [5.74, 6) is 1.39. The number of benzene rings is 1. The average molecular weight is 360 g/mol. The Hall–Kier alpha value is -2.61. The number of pyridine rings is 1. The van der Waals surface area contributed by atoms with E-state index in [0.29, 0.717) is 33.0 Å². The Morgan fingerprint density at radius 3 is 2.68 bits per heavy atom. The monoisotopic (exact) mass is 360 g/mol. The van der Waals surface area contributed by atoms with Crippen LogP contribution in [0.25, 0.3) is 11.0 Å². The zero-order valence-electron chi connectivity index (χ0n) is 14.4. The quantitative estimate of drug-likeness (QED) is 0.695. The number of nitrogens with zero attached hydrogens (tertiary/aromatic N) is 3. The molecule has 2 aromatic heterocycles. The Morgan fingerprint density at radius 2 is 2.00 bits per heavy atom. The summed E-state index contributed by atoms with van der Waals surface area (Å²) in [6, 6.07) is 4.91. The number of methoxy groups -OCH3 is 2. The number of ether oxygens (including phenoxy) is 2. The van der Waals surface area contributed by atoms with E-state index in [-0.39, 0.29) is 10.9 Å². The van der Waals surface area contributed by atoms with E-state index in [2.05, 4.69) is 9.97 Å². The summed E-state index contributed by atoms with van der Waals surface area (Å²) in [4.78, 5) is 8.55. The smallest absolute Gasteiger partial charge is 0.195 e. The predicted molar refractivity (Wildman–Crippen MR) is 95.4 cm³/mol. The lowest BCUT2D eigenvalue weighted by Gasteiger charge is -2.14. The maximum atomic E-state index is 12.7. The molecular weight excluding hydrogens is 342 g/mol. The van der Waals surface area contributed by atoms with Crippen LogP contribution in [0.3, 0.4) is 0 Å². The third-order valence-electron chi connectivity index (χ3n) is 4.01. The number of hydrogen-bond donors (Lipinski definition) is 0. The highest BCUT2D eigenvalue weighted by Gasteiger charge is 2.17. The van der Waals surface area contributed by atoms with E-state index in [1.54, 1.807) is 31.5 Å². The molecule has 8 heteroatoms. The second-order valence-corrected chi connectivity index (χ2v) is 6.92. The molecule has 132 valence electrons. The van der Waals surface area contributed by atoms with Gasteiger partial charge in [0.2, 0.25) is 0 Å². The van der Waals surface area contributed by atoms with Gasteiger partial charge in [0.15, 0.2) is 5.16 Å². The Labute approximate surface area is 147 Å². The van der Waals surface area contributed by atoms with Gasteiger partial charge in [-0.3, -0.25) is 9.19 Å². The fourth-order valence-electron chi connectivity index (χ4n) is 2.69. The van der Waals surface area contributed by atoms with Crippen molar-refractivity contribution >= 4 is 21.8 Å². The molecule has 0 saturated carbocycles. The summed E-state index contributed by atoms with van der Waals surface area (Å²) in [5.41, 5.74) is 3.13. The molecule has 3 rings (SSSR count). The van der Waals surface area contributed by atoms with Crippen LogP contribution in [-0.4, -0.2) is 33.1 Å². The number of fused-ring (bicyclic) bond motifs is 1. The van der Waals surface area contributed by atoms with Crippen molar-refractivity contribution in [1.82, 2.24) is 14.7 Å². The topological polar surface area (TPSA) is 89.3 Å². The van der Waals surface area contributed by atoms with E-state index in [4.69, 9.17) is 9.47 Å². The summed E-state index contributed by atoms with van der Waals surface area (Å²) in [6.07, 6.45) is 1.67. The molecule has 1 atom stereocenters. The van der Waals surface area contributed by atoms with Crippen molar-refractivity contribution < 1.29 is 13.7 Å². The van der Waals surface area contributed by atoms with E-state index < -0.39 is 10.8 Å². The van der Waals surface area contributed by atoms with Gasteiger partial charge in [0, 0.05) is 23.4 Å². The molecule has 1 aromatic carbocycles. The molecule has 0 radical (unpaired) electrons. The SMILES string of the molecule is COc1ccc2c(c1)nc(S(=O)Cc1ncc(C)c(OC)c1C)n2[O-]. The molecule has 0 amide bonds. The van der Waals surface area contributed by atoms with Crippen molar-refractivity contribution in [1.29, 1.82) is 0 Å². The lowest BCUT2D eigenvalue weighted by Crippen LogP contribution is -2.07. The Morgan fingerprint density at radius 1 is 1.24 bits per heavy atom. The van der Waals surface area contributed by atoms with Crippen molar-refractivity contribution in [2.75, 3.05) is 14.2 Å². The van der Waals surface area contributed by atoms with E-state index >= 15 is 0 Å². The lowest BCUT2D eigenvalue weighted by molar-refractivity contribution is 0.407. The van der Waals surface area contributed by atoms with Crippen LogP contribution in [0.1, 0.15) is 16.8 Å². The molecule has 1 unspecified atom stereocenters. The molecule has 0 spiro atoms. The summed E-state index contributed by atoms with van der Waals surface area (Å²) in [6.45, 7) is 3.75. The van der Waals surface area contributed by atoms with Crippen LogP contribution in [0.2, 0.25) is 0 Å². The van der Waals surface area contributed by atoms with Crippen LogP contribution in [0.4, 0.5) is 0 Å². The molecule has 0 aliphatic carbocycles. The van der Waals surface area contributed by atoms with Gasteiger partial charge in [-0.05, 0) is 26.0 Å². The van der Waals surface area contributed by atoms with Gasteiger partial charge in [-0.1, -0.05) is 0 Å². The van der Waals surface area contributed by atoms with E-state index in [1.807, 2.05) is 13.8 Å². The van der Waals surface area contributed by atoms with Crippen LogP contribution in [0, 0.1) is 19.1 Å². The first kappa shape index (κ1) is 17.2. The Bertz CT molecular complexity index is 968. The second-order valence-electron chi connectivity index (χ2n) is 5.58. The van der Waals surface area contributed by atoms with Gasteiger partial charge < -0.3 is 19.4 Å². The minimum atomic E-state index is -1.63.